The van der Waals surface area contributed by atoms with Gasteiger partial charge in [-0.1, -0.05) is 6.07 Å². The van der Waals surface area contributed by atoms with Crippen LogP contribution >= 0.6 is 0 Å². The number of rotatable bonds is 4. The predicted octanol–water partition coefficient (Wildman–Crippen LogP) is 4.72. The van der Waals surface area contributed by atoms with Gasteiger partial charge in [0.05, 0.1) is 0 Å². The van der Waals surface area contributed by atoms with Crippen LogP contribution in [-0.4, -0.2) is 52.2 Å². The van der Waals surface area contributed by atoms with Gasteiger partial charge in [0, 0.05) is 49.4 Å². The maximum absolute atomic E-state index is 12.7. The van der Waals surface area contributed by atoms with Gasteiger partial charge in [-0.25, -0.2) is 14.8 Å². The number of anilines is 2. The number of urea groups is 1. The smallest absolute Gasteiger partial charge is 0.357 e. The van der Waals surface area contributed by atoms with E-state index in [1.807, 2.05) is 6.92 Å². The fourth-order valence-electron chi connectivity index (χ4n) is 4.08. The molecule has 0 unspecified atom stereocenters. The number of benzene rings is 1. The van der Waals surface area contributed by atoms with Crippen molar-refractivity contribution >= 4 is 28.7 Å². The maximum Gasteiger partial charge on any atom is 0.389 e. The third-order valence-electron chi connectivity index (χ3n) is 5.77. The van der Waals surface area contributed by atoms with Gasteiger partial charge in [0.15, 0.2) is 11.3 Å². The molecule has 0 spiro atoms. The number of fused-ring (bicyclic) bond motifs is 1. The zero-order valence-corrected chi connectivity index (χ0v) is 18.6. The lowest BCUT2D eigenvalue weighted by atomic mass is 9.98. The number of nitriles is 1. The highest BCUT2D eigenvalue weighted by Crippen LogP contribution is 2.32. The molecule has 0 bridgehead atoms. The Morgan fingerprint density at radius 3 is 2.76 bits per heavy atom. The highest BCUT2D eigenvalue weighted by Gasteiger charge is 2.36. The van der Waals surface area contributed by atoms with E-state index in [0.717, 1.165) is 5.56 Å². The number of halogens is 3. The number of likely N-dealkylation sites (tertiary alicyclic amines) is 1. The molecule has 0 radical (unpaired) electrons. The molecule has 176 valence electrons. The van der Waals surface area contributed by atoms with Crippen molar-refractivity contribution in [3.63, 3.8) is 0 Å². The van der Waals surface area contributed by atoms with E-state index >= 15 is 0 Å². The summed E-state index contributed by atoms with van der Waals surface area (Å²) in [5, 5.41) is 15.9. The SMILES string of the molecule is CNc1ncc2cc(-c3cc(NC(=O)N4CC[C@@H](CC(F)(F)F)C4)ccc3C)c(C#N)nc2n1. The lowest BCUT2D eigenvalue weighted by Gasteiger charge is -2.19. The molecule has 0 saturated carbocycles. The quantitative estimate of drug-likeness (QED) is 0.573. The number of amides is 2. The molecule has 8 nitrogen and oxygen atoms in total. The van der Waals surface area contributed by atoms with E-state index in [1.54, 1.807) is 37.5 Å². The van der Waals surface area contributed by atoms with Crippen LogP contribution in [0.4, 0.5) is 29.6 Å². The van der Waals surface area contributed by atoms with Crippen molar-refractivity contribution in [2.45, 2.75) is 25.9 Å². The first-order valence-electron chi connectivity index (χ1n) is 10.7. The maximum atomic E-state index is 12.7. The zero-order valence-electron chi connectivity index (χ0n) is 18.6. The summed E-state index contributed by atoms with van der Waals surface area (Å²) in [5.41, 5.74) is 3.14. The predicted molar refractivity (Wildman–Crippen MR) is 121 cm³/mol. The number of aromatic nitrogens is 3. The van der Waals surface area contributed by atoms with Crippen LogP contribution in [0, 0.1) is 24.2 Å². The number of aryl methyl sites for hydroxylation is 1. The van der Waals surface area contributed by atoms with Gasteiger partial charge in [-0.15, -0.1) is 0 Å². The van der Waals surface area contributed by atoms with Crippen LogP contribution in [0.25, 0.3) is 22.2 Å². The second-order valence-electron chi connectivity index (χ2n) is 8.23. The monoisotopic (exact) mass is 469 g/mol. The molecule has 11 heteroatoms. The summed E-state index contributed by atoms with van der Waals surface area (Å²) < 4.78 is 38.0. The molecule has 3 heterocycles. The minimum Gasteiger partial charge on any atom is -0.357 e. The standard InChI is InChI=1S/C23H22F3N7O/c1-13-3-4-16(30-22(34)33-6-5-14(12-33)9-23(24,25)26)8-17(13)18-7-15-11-29-21(28-2)32-20(15)31-19(18)10-27/h3-4,7-8,11,14H,5-6,9,12H2,1-2H3,(H,30,34)(H,28,29,31,32)/t14-/m0/s1. The molecule has 0 aliphatic carbocycles. The number of hydrogen-bond acceptors (Lipinski definition) is 6. The molecule has 1 aliphatic rings. The Morgan fingerprint density at radius 1 is 1.26 bits per heavy atom. The van der Waals surface area contributed by atoms with E-state index < -0.39 is 24.5 Å². The van der Waals surface area contributed by atoms with Gasteiger partial charge in [-0.3, -0.25) is 0 Å². The largest absolute Gasteiger partial charge is 0.389 e. The van der Waals surface area contributed by atoms with Crippen molar-refractivity contribution in [2.24, 2.45) is 5.92 Å². The lowest BCUT2D eigenvalue weighted by molar-refractivity contribution is -0.143. The average molecular weight is 469 g/mol. The number of carbonyl (C=O) groups is 1. The summed E-state index contributed by atoms with van der Waals surface area (Å²) in [6.07, 6.45) is -3.21. The first kappa shape index (κ1) is 23.2. The Hall–Kier alpha value is -3.94. The Kier molecular flexibility index (Phi) is 6.24. The number of hydrogen-bond donors (Lipinski definition) is 2. The normalized spacial score (nSPS) is 15.9. The summed E-state index contributed by atoms with van der Waals surface area (Å²) in [4.78, 5) is 26.9. The molecule has 2 amide bonds. The van der Waals surface area contributed by atoms with E-state index in [4.69, 9.17) is 0 Å². The first-order valence-corrected chi connectivity index (χ1v) is 10.7. The second kappa shape index (κ2) is 9.13. The van der Waals surface area contributed by atoms with Gasteiger partial charge < -0.3 is 15.5 Å². The highest BCUT2D eigenvalue weighted by atomic mass is 19.4. The third-order valence-corrected chi connectivity index (χ3v) is 5.77. The van der Waals surface area contributed by atoms with Crippen LogP contribution in [0.1, 0.15) is 24.1 Å². The number of nitrogens with one attached hydrogen (secondary N) is 2. The van der Waals surface area contributed by atoms with E-state index in [1.165, 1.54) is 4.90 Å². The molecule has 1 atom stereocenters. The van der Waals surface area contributed by atoms with Crippen molar-refractivity contribution in [1.82, 2.24) is 19.9 Å². The molecular formula is C23H22F3N7O. The summed E-state index contributed by atoms with van der Waals surface area (Å²) >= 11 is 0. The van der Waals surface area contributed by atoms with Crippen molar-refractivity contribution in [1.29, 1.82) is 5.26 Å². The molecule has 3 aromatic rings. The minimum atomic E-state index is -4.24. The van der Waals surface area contributed by atoms with Crippen LogP contribution in [0.15, 0.2) is 30.5 Å². The van der Waals surface area contributed by atoms with E-state index in [9.17, 15) is 23.2 Å². The lowest BCUT2D eigenvalue weighted by Crippen LogP contribution is -2.33. The fourth-order valence-corrected chi connectivity index (χ4v) is 4.08. The summed E-state index contributed by atoms with van der Waals surface area (Å²) in [5.74, 6) is -0.205. The van der Waals surface area contributed by atoms with Crippen LogP contribution in [-0.2, 0) is 0 Å². The van der Waals surface area contributed by atoms with Gasteiger partial charge in [-0.05, 0) is 48.6 Å². The number of nitrogens with zero attached hydrogens (tertiary/aromatic N) is 5. The average Bonchev–Trinajstić information content (AvgIpc) is 3.26. The molecule has 2 aromatic heterocycles. The molecule has 2 N–H and O–H groups in total. The number of pyridine rings is 1. The van der Waals surface area contributed by atoms with Crippen LogP contribution < -0.4 is 10.6 Å². The fraction of sp³-hybridized carbons (Fsp3) is 0.348. The van der Waals surface area contributed by atoms with Crippen molar-refractivity contribution in [3.05, 3.63) is 41.7 Å². The number of carbonyl (C=O) groups excluding carboxylic acids is 1. The molecule has 1 aromatic carbocycles. The van der Waals surface area contributed by atoms with Gasteiger partial charge in [0.2, 0.25) is 5.95 Å². The number of alkyl halides is 3. The van der Waals surface area contributed by atoms with Gasteiger partial charge >= 0.3 is 12.2 Å². The minimum absolute atomic E-state index is 0.0614. The first-order chi connectivity index (χ1) is 16.2. The Bertz CT molecular complexity index is 1290. The van der Waals surface area contributed by atoms with E-state index in [-0.39, 0.29) is 18.8 Å². The molecule has 1 aliphatic heterocycles. The van der Waals surface area contributed by atoms with Crippen LogP contribution in [0.3, 0.4) is 0 Å². The Morgan fingerprint density at radius 2 is 2.06 bits per heavy atom. The highest BCUT2D eigenvalue weighted by molar-refractivity contribution is 5.92. The van der Waals surface area contributed by atoms with E-state index in [0.29, 0.717) is 40.2 Å². The summed E-state index contributed by atoms with van der Waals surface area (Å²) in [7, 11) is 1.68. The molecule has 1 saturated heterocycles. The Balaban J connectivity index is 1.59. The van der Waals surface area contributed by atoms with Crippen molar-refractivity contribution < 1.29 is 18.0 Å². The molecule has 4 rings (SSSR count). The molecular weight excluding hydrogens is 447 g/mol. The van der Waals surface area contributed by atoms with Gasteiger partial charge in [-0.2, -0.15) is 23.4 Å². The summed E-state index contributed by atoms with van der Waals surface area (Å²) in [6, 6.07) is 8.66. The Labute approximate surface area is 193 Å². The second-order valence-corrected chi connectivity index (χ2v) is 8.23. The summed E-state index contributed by atoms with van der Waals surface area (Å²) in [6.45, 7) is 2.20. The van der Waals surface area contributed by atoms with Gasteiger partial charge in [0.1, 0.15) is 6.07 Å². The zero-order chi connectivity index (χ0) is 24.5. The van der Waals surface area contributed by atoms with Crippen molar-refractivity contribution in [3.8, 4) is 17.2 Å². The van der Waals surface area contributed by atoms with E-state index in [2.05, 4.69) is 31.7 Å². The molecule has 1 fully saturated rings. The topological polar surface area (TPSA) is 107 Å². The van der Waals surface area contributed by atoms with Crippen LogP contribution in [0.5, 0.6) is 0 Å². The van der Waals surface area contributed by atoms with Crippen molar-refractivity contribution in [2.75, 3.05) is 30.8 Å². The van der Waals surface area contributed by atoms with Gasteiger partial charge in [0.25, 0.3) is 0 Å². The molecule has 34 heavy (non-hydrogen) atoms. The van der Waals surface area contributed by atoms with Crippen LogP contribution in [0.2, 0.25) is 0 Å². The third kappa shape index (κ3) is 5.01.